The monoisotopic (exact) mass is 569 g/mol. The summed E-state index contributed by atoms with van der Waals surface area (Å²) in [5.41, 5.74) is 5.14. The zero-order valence-corrected chi connectivity index (χ0v) is 23.7. The number of fused-ring (bicyclic) bond motifs is 1. The van der Waals surface area contributed by atoms with Gasteiger partial charge in [-0.3, -0.25) is 4.79 Å². The Hall–Kier alpha value is -5.27. The average molecular weight is 570 g/mol. The van der Waals surface area contributed by atoms with E-state index in [0.717, 1.165) is 27.6 Å². The fraction of sp³-hybridized carbons (Fsp3) is 0.139. The highest BCUT2D eigenvalue weighted by molar-refractivity contribution is 6.00. The van der Waals surface area contributed by atoms with Gasteiger partial charge < -0.3 is 14.6 Å². The lowest BCUT2D eigenvalue weighted by atomic mass is 9.84. The van der Waals surface area contributed by atoms with Crippen molar-refractivity contribution in [3.05, 3.63) is 150 Å². The van der Waals surface area contributed by atoms with Crippen LogP contribution in [0.2, 0.25) is 0 Å². The molecule has 0 amide bonds. The number of carbonyl (C=O) groups is 2. The largest absolute Gasteiger partial charge is 0.444 e. The van der Waals surface area contributed by atoms with Gasteiger partial charge in [0.15, 0.2) is 5.78 Å². The quantitative estimate of drug-likeness (QED) is 0.172. The number of oxazole rings is 1. The Balaban J connectivity index is 1.27. The summed E-state index contributed by atoms with van der Waals surface area (Å²) in [6.07, 6.45) is 3.87. The summed E-state index contributed by atoms with van der Waals surface area (Å²) in [4.78, 5) is 35.4. The Kier molecular flexibility index (Phi) is 8.24. The molecule has 6 aromatic rings. The highest BCUT2D eigenvalue weighted by atomic mass is 16.7. The molecule has 0 bridgehead atoms. The fourth-order valence-corrected chi connectivity index (χ4v) is 5.44. The molecule has 0 aliphatic carbocycles. The number of rotatable bonds is 11. The summed E-state index contributed by atoms with van der Waals surface area (Å²) in [6.45, 7) is 1.70. The minimum atomic E-state index is -0.478. The number of nitrogens with one attached hydrogen (secondary N) is 1. The lowest BCUT2D eigenvalue weighted by Crippen LogP contribution is -2.38. The van der Waals surface area contributed by atoms with Gasteiger partial charge in [-0.15, -0.1) is 0 Å². The summed E-state index contributed by atoms with van der Waals surface area (Å²) < 4.78 is 7.33. The fourth-order valence-electron chi connectivity index (χ4n) is 5.44. The van der Waals surface area contributed by atoms with Gasteiger partial charge in [0.1, 0.15) is 6.26 Å². The van der Waals surface area contributed by atoms with Crippen LogP contribution in [0, 0.1) is 0 Å². The predicted octanol–water partition coefficient (Wildman–Crippen LogP) is 6.83. The molecular formula is C36H31N3O4. The van der Waals surface area contributed by atoms with Crippen LogP contribution in [0.3, 0.4) is 0 Å². The Labute approximate surface area is 249 Å². The van der Waals surface area contributed by atoms with Crippen molar-refractivity contribution < 1.29 is 18.8 Å². The standard InChI is InChI=1S/C36H31N3O4/c1-25(40)43-39-21-20-30-31(18-11-19-34(30)39)36-38-29(24-42-36)23-37-33(35(41)28-16-9-4-10-17-28)22-32(26-12-5-2-6-13-26)27-14-7-3-8-15-27/h2-21,24,32-33,37H,22-23H2,1H3. The summed E-state index contributed by atoms with van der Waals surface area (Å²) in [5, 5.41) is 4.34. The molecule has 4 aromatic carbocycles. The topological polar surface area (TPSA) is 86.4 Å². The van der Waals surface area contributed by atoms with E-state index < -0.39 is 12.0 Å². The number of ketones is 1. The zero-order chi connectivity index (χ0) is 29.6. The summed E-state index contributed by atoms with van der Waals surface area (Å²) >= 11 is 0. The maximum atomic E-state index is 13.9. The van der Waals surface area contributed by atoms with Gasteiger partial charge in [0, 0.05) is 42.1 Å². The smallest absolute Gasteiger partial charge is 0.329 e. The average Bonchev–Trinajstić information content (AvgIpc) is 3.69. The Bertz CT molecular complexity index is 1790. The van der Waals surface area contributed by atoms with Crippen LogP contribution in [0.25, 0.3) is 22.4 Å². The molecule has 0 aliphatic heterocycles. The Morgan fingerprint density at radius 1 is 0.837 bits per heavy atom. The molecule has 0 saturated carbocycles. The van der Waals surface area contributed by atoms with Crippen molar-refractivity contribution >= 4 is 22.7 Å². The molecule has 1 unspecified atom stereocenters. The number of hydrogen-bond acceptors (Lipinski definition) is 6. The van der Waals surface area contributed by atoms with Gasteiger partial charge in [0.25, 0.3) is 0 Å². The molecule has 0 fully saturated rings. The second-order valence-corrected chi connectivity index (χ2v) is 10.4. The molecule has 214 valence electrons. The number of aromatic nitrogens is 2. The van der Waals surface area contributed by atoms with E-state index in [1.54, 1.807) is 12.5 Å². The van der Waals surface area contributed by atoms with E-state index in [0.29, 0.717) is 30.1 Å². The van der Waals surface area contributed by atoms with Crippen LogP contribution < -0.4 is 10.2 Å². The van der Waals surface area contributed by atoms with Gasteiger partial charge in [-0.1, -0.05) is 97.1 Å². The molecule has 6 rings (SSSR count). The van der Waals surface area contributed by atoms with E-state index in [9.17, 15) is 9.59 Å². The van der Waals surface area contributed by atoms with Crippen LogP contribution in [0.1, 0.15) is 46.4 Å². The highest BCUT2D eigenvalue weighted by Gasteiger charge is 2.26. The van der Waals surface area contributed by atoms with Gasteiger partial charge in [-0.2, -0.15) is 4.73 Å². The highest BCUT2D eigenvalue weighted by Crippen LogP contribution is 2.31. The van der Waals surface area contributed by atoms with Gasteiger partial charge in [0.05, 0.1) is 17.3 Å². The molecule has 2 aromatic heterocycles. The van der Waals surface area contributed by atoms with E-state index >= 15 is 0 Å². The first-order valence-corrected chi connectivity index (χ1v) is 14.2. The van der Waals surface area contributed by atoms with Crippen LogP contribution in [0.15, 0.2) is 132 Å². The third-order valence-electron chi connectivity index (χ3n) is 7.49. The van der Waals surface area contributed by atoms with Gasteiger partial charge in [0.2, 0.25) is 5.89 Å². The first-order chi connectivity index (χ1) is 21.1. The zero-order valence-electron chi connectivity index (χ0n) is 23.7. The first kappa shape index (κ1) is 27.9. The number of Topliss-reactive ketones (excluding diaryl/α,β-unsaturated/α-hetero) is 1. The number of benzene rings is 4. The van der Waals surface area contributed by atoms with Crippen LogP contribution in [0.4, 0.5) is 0 Å². The van der Waals surface area contributed by atoms with Gasteiger partial charge in [-0.05, 0) is 35.7 Å². The molecular weight excluding hydrogens is 538 g/mol. The second-order valence-electron chi connectivity index (χ2n) is 10.4. The third kappa shape index (κ3) is 6.32. The van der Waals surface area contributed by atoms with Crippen molar-refractivity contribution in [2.45, 2.75) is 31.8 Å². The van der Waals surface area contributed by atoms with Crippen LogP contribution in [-0.4, -0.2) is 27.5 Å². The maximum absolute atomic E-state index is 13.9. The van der Waals surface area contributed by atoms with E-state index in [-0.39, 0.29) is 11.7 Å². The van der Waals surface area contributed by atoms with E-state index in [1.807, 2.05) is 91.0 Å². The SMILES string of the molecule is CC(=O)On1ccc2c(-c3nc(CNC(CC(c4ccccc4)c4ccccc4)C(=O)c4ccccc4)co3)cccc21. The number of hydrogen-bond donors (Lipinski definition) is 1. The molecule has 1 N–H and O–H groups in total. The molecule has 2 heterocycles. The normalized spacial score (nSPS) is 12.0. The second kappa shape index (κ2) is 12.7. The van der Waals surface area contributed by atoms with Crippen molar-refractivity contribution in [2.24, 2.45) is 0 Å². The molecule has 0 aliphatic rings. The van der Waals surface area contributed by atoms with Crippen molar-refractivity contribution in [3.63, 3.8) is 0 Å². The van der Waals surface area contributed by atoms with E-state index in [4.69, 9.17) is 14.2 Å². The van der Waals surface area contributed by atoms with Gasteiger partial charge >= 0.3 is 5.97 Å². The van der Waals surface area contributed by atoms with Crippen molar-refractivity contribution in [1.29, 1.82) is 0 Å². The number of carbonyl (C=O) groups excluding carboxylic acids is 2. The minimum absolute atomic E-state index is 0.0132. The summed E-state index contributed by atoms with van der Waals surface area (Å²) in [5.74, 6) is 0.0752. The van der Waals surface area contributed by atoms with Crippen LogP contribution >= 0.6 is 0 Å². The molecule has 0 saturated heterocycles. The number of nitrogens with zero attached hydrogens (tertiary/aromatic N) is 2. The Morgan fingerprint density at radius 3 is 2.14 bits per heavy atom. The molecule has 43 heavy (non-hydrogen) atoms. The first-order valence-electron chi connectivity index (χ1n) is 14.2. The lowest BCUT2D eigenvalue weighted by molar-refractivity contribution is -0.140. The van der Waals surface area contributed by atoms with Crippen molar-refractivity contribution in [2.75, 3.05) is 0 Å². The third-order valence-corrected chi connectivity index (χ3v) is 7.49. The maximum Gasteiger partial charge on any atom is 0.329 e. The summed E-state index contributed by atoms with van der Waals surface area (Å²) in [7, 11) is 0. The van der Waals surface area contributed by atoms with Gasteiger partial charge in [-0.25, -0.2) is 9.78 Å². The molecule has 0 spiro atoms. The minimum Gasteiger partial charge on any atom is -0.444 e. The molecule has 1 atom stereocenters. The Morgan fingerprint density at radius 2 is 1.49 bits per heavy atom. The molecule has 0 radical (unpaired) electrons. The van der Waals surface area contributed by atoms with Crippen molar-refractivity contribution in [1.82, 2.24) is 15.0 Å². The molecule has 7 nitrogen and oxygen atoms in total. The lowest BCUT2D eigenvalue weighted by Gasteiger charge is -2.25. The summed E-state index contributed by atoms with van der Waals surface area (Å²) in [6, 6.07) is 37.0. The van der Waals surface area contributed by atoms with Crippen molar-refractivity contribution in [3.8, 4) is 11.5 Å². The predicted molar refractivity (Wildman–Crippen MR) is 165 cm³/mol. The molecule has 7 heteroatoms. The van der Waals surface area contributed by atoms with Crippen LogP contribution in [-0.2, 0) is 11.3 Å². The van der Waals surface area contributed by atoms with E-state index in [1.165, 1.54) is 11.7 Å². The van der Waals surface area contributed by atoms with Crippen LogP contribution in [0.5, 0.6) is 0 Å². The van der Waals surface area contributed by atoms with E-state index in [2.05, 4.69) is 29.6 Å².